The number of piperidine rings is 1. The van der Waals surface area contributed by atoms with Gasteiger partial charge in [-0.3, -0.25) is 4.57 Å². The zero-order valence-corrected chi connectivity index (χ0v) is 10.6. The first kappa shape index (κ1) is 11.4. The molecule has 4 nitrogen and oxygen atoms in total. The fraction of sp³-hybridized carbons (Fsp3) is 0.429. The van der Waals surface area contributed by atoms with Gasteiger partial charge in [-0.05, 0) is 38.4 Å². The van der Waals surface area contributed by atoms with Crippen molar-refractivity contribution >= 4 is 0 Å². The number of aromatic nitrogens is 3. The van der Waals surface area contributed by atoms with Crippen LogP contribution in [0.2, 0.25) is 0 Å². The van der Waals surface area contributed by atoms with Gasteiger partial charge in [0.2, 0.25) is 0 Å². The summed E-state index contributed by atoms with van der Waals surface area (Å²) in [5.74, 6) is 1.55. The van der Waals surface area contributed by atoms with Crippen LogP contribution in [0.25, 0.3) is 5.69 Å². The molecule has 1 aliphatic rings. The zero-order valence-electron chi connectivity index (χ0n) is 10.6. The first-order chi connectivity index (χ1) is 8.84. The lowest BCUT2D eigenvalue weighted by molar-refractivity contribution is 0.442. The number of nitrogens with zero attached hydrogens (tertiary/aromatic N) is 3. The summed E-state index contributed by atoms with van der Waals surface area (Å²) in [6.45, 7) is 4.22. The van der Waals surface area contributed by atoms with Crippen LogP contribution in [0.1, 0.15) is 30.1 Å². The first-order valence-electron chi connectivity index (χ1n) is 6.52. The molecule has 0 bridgehead atoms. The molecule has 0 aliphatic carbocycles. The predicted molar refractivity (Wildman–Crippen MR) is 70.9 cm³/mol. The first-order valence-corrected chi connectivity index (χ1v) is 6.52. The van der Waals surface area contributed by atoms with Gasteiger partial charge in [-0.2, -0.15) is 0 Å². The van der Waals surface area contributed by atoms with E-state index in [-0.39, 0.29) is 0 Å². The van der Waals surface area contributed by atoms with Gasteiger partial charge in [0.25, 0.3) is 0 Å². The zero-order chi connectivity index (χ0) is 12.4. The number of aryl methyl sites for hydroxylation is 1. The van der Waals surface area contributed by atoms with E-state index in [1.807, 2.05) is 6.33 Å². The third kappa shape index (κ3) is 2.16. The van der Waals surface area contributed by atoms with Crippen molar-refractivity contribution in [2.75, 3.05) is 13.1 Å². The van der Waals surface area contributed by atoms with Crippen molar-refractivity contribution in [3.8, 4) is 5.69 Å². The van der Waals surface area contributed by atoms with Crippen LogP contribution in [-0.4, -0.2) is 27.9 Å². The summed E-state index contributed by atoms with van der Waals surface area (Å²) in [4.78, 5) is 0. The molecule has 3 rings (SSSR count). The summed E-state index contributed by atoms with van der Waals surface area (Å²) in [6, 6.07) is 8.49. The van der Waals surface area contributed by atoms with Gasteiger partial charge in [-0.25, -0.2) is 0 Å². The average molecular weight is 242 g/mol. The van der Waals surface area contributed by atoms with Crippen molar-refractivity contribution < 1.29 is 0 Å². The molecule has 18 heavy (non-hydrogen) atoms. The van der Waals surface area contributed by atoms with Gasteiger partial charge >= 0.3 is 0 Å². The largest absolute Gasteiger partial charge is 0.316 e. The quantitative estimate of drug-likeness (QED) is 0.876. The third-order valence-corrected chi connectivity index (χ3v) is 3.55. The molecule has 0 saturated carbocycles. The van der Waals surface area contributed by atoms with Crippen molar-refractivity contribution in [2.45, 2.75) is 25.7 Å². The van der Waals surface area contributed by atoms with Crippen molar-refractivity contribution in [2.24, 2.45) is 0 Å². The highest BCUT2D eigenvalue weighted by Gasteiger charge is 2.20. The Labute approximate surface area is 107 Å². The molecule has 0 spiro atoms. The van der Waals surface area contributed by atoms with Gasteiger partial charge in [-0.1, -0.05) is 17.7 Å². The molecule has 1 aliphatic heterocycles. The Morgan fingerprint density at radius 1 is 1.28 bits per heavy atom. The summed E-state index contributed by atoms with van der Waals surface area (Å²) in [5, 5.41) is 11.8. The lowest BCUT2D eigenvalue weighted by Gasteiger charge is -2.22. The molecule has 1 aromatic carbocycles. The second-order valence-electron chi connectivity index (χ2n) is 4.94. The SMILES string of the molecule is Cc1ccc(-n2cnnc2C2CCCNC2)cc1. The minimum absolute atomic E-state index is 0.475. The molecule has 1 unspecified atom stereocenters. The Morgan fingerprint density at radius 3 is 2.83 bits per heavy atom. The average Bonchev–Trinajstić information content (AvgIpc) is 2.90. The molecule has 1 fully saturated rings. The Morgan fingerprint density at radius 2 is 2.11 bits per heavy atom. The van der Waals surface area contributed by atoms with Crippen LogP contribution in [-0.2, 0) is 0 Å². The van der Waals surface area contributed by atoms with Gasteiger partial charge < -0.3 is 5.32 Å². The summed E-state index contributed by atoms with van der Waals surface area (Å²) >= 11 is 0. The Balaban J connectivity index is 1.93. The maximum absolute atomic E-state index is 4.31. The Hall–Kier alpha value is -1.68. The minimum atomic E-state index is 0.475. The molecule has 94 valence electrons. The molecule has 1 N–H and O–H groups in total. The van der Waals surface area contributed by atoms with E-state index in [0.717, 1.165) is 24.6 Å². The van der Waals surface area contributed by atoms with Crippen LogP contribution in [0.3, 0.4) is 0 Å². The van der Waals surface area contributed by atoms with Gasteiger partial charge in [-0.15, -0.1) is 10.2 Å². The minimum Gasteiger partial charge on any atom is -0.316 e. The van der Waals surface area contributed by atoms with E-state index in [1.54, 1.807) is 0 Å². The van der Waals surface area contributed by atoms with Crippen LogP contribution in [0, 0.1) is 6.92 Å². The molecule has 1 saturated heterocycles. The van der Waals surface area contributed by atoms with Crippen LogP contribution >= 0.6 is 0 Å². The number of nitrogens with one attached hydrogen (secondary N) is 1. The fourth-order valence-electron chi connectivity index (χ4n) is 2.50. The number of rotatable bonds is 2. The van der Waals surface area contributed by atoms with Gasteiger partial charge in [0.15, 0.2) is 0 Å². The smallest absolute Gasteiger partial charge is 0.141 e. The Kier molecular flexibility index (Phi) is 3.11. The van der Waals surface area contributed by atoms with Gasteiger partial charge in [0, 0.05) is 18.2 Å². The van der Waals surface area contributed by atoms with Crippen LogP contribution in [0.4, 0.5) is 0 Å². The third-order valence-electron chi connectivity index (χ3n) is 3.55. The van der Waals surface area contributed by atoms with Crippen LogP contribution < -0.4 is 5.32 Å². The number of hydrogen-bond acceptors (Lipinski definition) is 3. The summed E-state index contributed by atoms with van der Waals surface area (Å²) in [5.41, 5.74) is 2.42. The molecule has 2 heterocycles. The maximum atomic E-state index is 4.31. The molecule has 1 atom stereocenters. The second kappa shape index (κ2) is 4.90. The number of hydrogen-bond donors (Lipinski definition) is 1. The van der Waals surface area contributed by atoms with Crippen LogP contribution in [0.15, 0.2) is 30.6 Å². The van der Waals surface area contributed by atoms with E-state index in [9.17, 15) is 0 Å². The summed E-state index contributed by atoms with van der Waals surface area (Å²) < 4.78 is 2.11. The number of benzene rings is 1. The van der Waals surface area contributed by atoms with E-state index in [1.165, 1.54) is 18.4 Å². The van der Waals surface area contributed by atoms with Crippen molar-refractivity contribution in [3.63, 3.8) is 0 Å². The molecule has 1 aromatic heterocycles. The van der Waals surface area contributed by atoms with E-state index < -0.39 is 0 Å². The molecule has 0 radical (unpaired) electrons. The predicted octanol–water partition coefficient (Wildman–Crippen LogP) is 2.04. The highest BCUT2D eigenvalue weighted by atomic mass is 15.3. The normalized spacial score (nSPS) is 19.9. The molecule has 2 aromatic rings. The standard InChI is InChI=1S/C14H18N4/c1-11-4-6-13(7-5-11)18-10-16-17-14(18)12-3-2-8-15-9-12/h4-7,10,12,15H,2-3,8-9H2,1H3. The van der Waals surface area contributed by atoms with Crippen molar-refractivity contribution in [3.05, 3.63) is 42.0 Å². The highest BCUT2D eigenvalue weighted by molar-refractivity contribution is 5.35. The molecule has 0 amide bonds. The molecular weight excluding hydrogens is 224 g/mol. The Bertz CT molecular complexity index is 509. The van der Waals surface area contributed by atoms with E-state index in [4.69, 9.17) is 0 Å². The highest BCUT2D eigenvalue weighted by Crippen LogP contribution is 2.23. The van der Waals surface area contributed by atoms with Crippen molar-refractivity contribution in [1.29, 1.82) is 0 Å². The maximum Gasteiger partial charge on any atom is 0.141 e. The van der Waals surface area contributed by atoms with E-state index >= 15 is 0 Å². The lowest BCUT2D eigenvalue weighted by atomic mass is 9.99. The molecule has 4 heteroatoms. The second-order valence-corrected chi connectivity index (χ2v) is 4.94. The van der Waals surface area contributed by atoms with E-state index in [0.29, 0.717) is 5.92 Å². The van der Waals surface area contributed by atoms with Crippen LogP contribution in [0.5, 0.6) is 0 Å². The molecular formula is C14H18N4. The van der Waals surface area contributed by atoms with E-state index in [2.05, 4.69) is 51.3 Å². The fourth-order valence-corrected chi connectivity index (χ4v) is 2.50. The monoisotopic (exact) mass is 242 g/mol. The summed E-state index contributed by atoms with van der Waals surface area (Å²) in [6.07, 6.45) is 4.22. The topological polar surface area (TPSA) is 42.7 Å². The lowest BCUT2D eigenvalue weighted by Crippen LogP contribution is -2.29. The van der Waals surface area contributed by atoms with Gasteiger partial charge in [0.1, 0.15) is 12.2 Å². The summed E-state index contributed by atoms with van der Waals surface area (Å²) in [7, 11) is 0. The van der Waals surface area contributed by atoms with Gasteiger partial charge in [0.05, 0.1) is 0 Å². The van der Waals surface area contributed by atoms with Crippen molar-refractivity contribution in [1.82, 2.24) is 20.1 Å².